The Morgan fingerprint density at radius 3 is 2.77 bits per heavy atom. The van der Waals surface area contributed by atoms with Crippen LogP contribution in [0.5, 0.6) is 0 Å². The van der Waals surface area contributed by atoms with Crippen LogP contribution >= 0.6 is 0 Å². The van der Waals surface area contributed by atoms with E-state index in [1.807, 2.05) is 12.1 Å². The van der Waals surface area contributed by atoms with Gasteiger partial charge in [0.25, 0.3) is 6.29 Å². The zero-order valence-corrected chi connectivity index (χ0v) is 15.4. The van der Waals surface area contributed by atoms with Gasteiger partial charge in [-0.3, -0.25) is 0 Å². The lowest BCUT2D eigenvalue weighted by Gasteiger charge is -2.27. The van der Waals surface area contributed by atoms with E-state index in [2.05, 4.69) is 12.1 Å². The Morgan fingerprint density at radius 2 is 2.08 bits per heavy atom. The maximum Gasteiger partial charge on any atom is 0.337 e. The number of esters is 2. The number of hydrogen-bond donors (Lipinski definition) is 0. The number of carbonyl (C=O) groups excluding carboxylic acids is 2. The minimum Gasteiger partial charge on any atom is -0.463 e. The van der Waals surface area contributed by atoms with Crippen LogP contribution in [-0.2, 0) is 30.2 Å². The molecular weight excluding hydrogens is 332 g/mol. The molecule has 5 nitrogen and oxygen atoms in total. The Kier molecular flexibility index (Phi) is 5.45. The third-order valence-electron chi connectivity index (χ3n) is 5.04. The van der Waals surface area contributed by atoms with Gasteiger partial charge in [-0.2, -0.15) is 0 Å². The third kappa shape index (κ3) is 3.52. The molecule has 0 fully saturated rings. The molecule has 2 unspecified atom stereocenters. The maximum atomic E-state index is 12.6. The second kappa shape index (κ2) is 7.77. The molecule has 26 heavy (non-hydrogen) atoms. The molecule has 0 amide bonds. The smallest absolute Gasteiger partial charge is 0.337 e. The summed E-state index contributed by atoms with van der Waals surface area (Å²) in [6, 6.07) is 8.15. The zero-order valence-electron chi connectivity index (χ0n) is 15.4. The second-order valence-electron chi connectivity index (χ2n) is 6.62. The molecule has 2 atom stereocenters. The zero-order chi connectivity index (χ0) is 18.7. The highest BCUT2D eigenvalue weighted by atomic mass is 16.7. The van der Waals surface area contributed by atoms with Crippen LogP contribution in [0.25, 0.3) is 0 Å². The van der Waals surface area contributed by atoms with Gasteiger partial charge in [0.1, 0.15) is 0 Å². The molecule has 0 saturated heterocycles. The number of aryl methyl sites for hydroxylation is 1. The van der Waals surface area contributed by atoms with E-state index in [0.29, 0.717) is 17.8 Å². The highest BCUT2D eigenvalue weighted by Gasteiger charge is 2.32. The van der Waals surface area contributed by atoms with Crippen molar-refractivity contribution in [2.24, 2.45) is 0 Å². The average Bonchev–Trinajstić information content (AvgIpc) is 2.89. The summed E-state index contributed by atoms with van der Waals surface area (Å²) >= 11 is 0. The van der Waals surface area contributed by atoms with Crippen LogP contribution in [0.3, 0.4) is 0 Å². The first-order valence-electron chi connectivity index (χ1n) is 9.01. The van der Waals surface area contributed by atoms with Crippen LogP contribution < -0.4 is 0 Å². The molecule has 1 heterocycles. The molecule has 1 aliphatic heterocycles. The van der Waals surface area contributed by atoms with Gasteiger partial charge >= 0.3 is 11.9 Å². The quantitative estimate of drug-likeness (QED) is 0.456. The molecule has 2 aliphatic rings. The molecule has 0 saturated carbocycles. The fourth-order valence-electron chi connectivity index (χ4n) is 3.44. The fourth-order valence-corrected chi connectivity index (χ4v) is 3.44. The van der Waals surface area contributed by atoms with E-state index in [-0.39, 0.29) is 11.9 Å². The van der Waals surface area contributed by atoms with Crippen molar-refractivity contribution in [3.05, 3.63) is 58.4 Å². The Balaban J connectivity index is 1.90. The standard InChI is InChI=1S/C21H24O5/c1-4-24-20(23)18(12-25-21-14(3)13(2)19(22)26-21)17-11-7-9-15-8-5-6-10-16(15)17/h5-6,8,10,12,17,21H,4,7,9,11H2,1-3H3/b18-12+. The van der Waals surface area contributed by atoms with Gasteiger partial charge in [-0.15, -0.1) is 0 Å². The first-order valence-corrected chi connectivity index (χ1v) is 9.01. The van der Waals surface area contributed by atoms with Gasteiger partial charge in [-0.1, -0.05) is 24.3 Å². The molecule has 3 rings (SSSR count). The van der Waals surface area contributed by atoms with Crippen molar-refractivity contribution < 1.29 is 23.8 Å². The molecule has 0 spiro atoms. The Morgan fingerprint density at radius 1 is 1.31 bits per heavy atom. The van der Waals surface area contributed by atoms with Gasteiger partial charge in [-0.25, -0.2) is 9.59 Å². The maximum absolute atomic E-state index is 12.6. The molecule has 1 aliphatic carbocycles. The van der Waals surface area contributed by atoms with Crippen LogP contribution in [0, 0.1) is 0 Å². The van der Waals surface area contributed by atoms with Gasteiger partial charge in [0.05, 0.1) is 18.4 Å². The van der Waals surface area contributed by atoms with Crippen molar-refractivity contribution in [3.8, 4) is 0 Å². The predicted molar refractivity (Wildman–Crippen MR) is 96.2 cm³/mol. The van der Waals surface area contributed by atoms with Gasteiger partial charge in [0.15, 0.2) is 0 Å². The third-order valence-corrected chi connectivity index (χ3v) is 5.04. The van der Waals surface area contributed by atoms with E-state index in [1.54, 1.807) is 20.8 Å². The molecular formula is C21H24O5. The van der Waals surface area contributed by atoms with Crippen LogP contribution in [0.15, 0.2) is 47.2 Å². The SMILES string of the molecule is CCOC(=O)/C(=C/OC1OC(=O)C(C)=C1C)C1CCCc2ccccc21. The van der Waals surface area contributed by atoms with Gasteiger partial charge in [0, 0.05) is 17.1 Å². The minimum absolute atomic E-state index is 0.0820. The number of benzene rings is 1. The summed E-state index contributed by atoms with van der Waals surface area (Å²) in [7, 11) is 0. The summed E-state index contributed by atoms with van der Waals surface area (Å²) in [5.74, 6) is -0.861. The summed E-state index contributed by atoms with van der Waals surface area (Å²) in [5.41, 5.74) is 4.11. The number of ether oxygens (including phenoxy) is 3. The van der Waals surface area contributed by atoms with E-state index < -0.39 is 12.3 Å². The Hall–Kier alpha value is -2.56. The number of cyclic esters (lactones) is 1. The normalized spacial score (nSPS) is 22.7. The number of rotatable bonds is 5. The van der Waals surface area contributed by atoms with E-state index >= 15 is 0 Å². The summed E-state index contributed by atoms with van der Waals surface area (Å²) < 4.78 is 16.1. The minimum atomic E-state index is -0.786. The first-order chi connectivity index (χ1) is 12.5. The Bertz CT molecular complexity index is 774. The lowest BCUT2D eigenvalue weighted by molar-refractivity contribution is -0.153. The largest absolute Gasteiger partial charge is 0.463 e. The summed E-state index contributed by atoms with van der Waals surface area (Å²) in [4.78, 5) is 24.2. The van der Waals surface area contributed by atoms with Crippen LogP contribution in [0.2, 0.25) is 0 Å². The van der Waals surface area contributed by atoms with Crippen molar-refractivity contribution in [2.45, 2.75) is 52.2 Å². The van der Waals surface area contributed by atoms with E-state index in [9.17, 15) is 9.59 Å². The van der Waals surface area contributed by atoms with Gasteiger partial charge in [-0.05, 0) is 51.2 Å². The Labute approximate surface area is 153 Å². The molecule has 0 aromatic heterocycles. The summed E-state index contributed by atoms with van der Waals surface area (Å²) in [6.45, 7) is 5.56. The highest BCUT2D eigenvalue weighted by Crippen LogP contribution is 2.37. The summed E-state index contributed by atoms with van der Waals surface area (Å²) in [5, 5.41) is 0. The monoisotopic (exact) mass is 356 g/mol. The number of hydrogen-bond acceptors (Lipinski definition) is 5. The van der Waals surface area contributed by atoms with Crippen LogP contribution in [-0.4, -0.2) is 24.8 Å². The van der Waals surface area contributed by atoms with Crippen LogP contribution in [0.4, 0.5) is 0 Å². The number of carbonyl (C=O) groups is 2. The second-order valence-corrected chi connectivity index (χ2v) is 6.62. The van der Waals surface area contributed by atoms with E-state index in [0.717, 1.165) is 30.4 Å². The van der Waals surface area contributed by atoms with Crippen molar-refractivity contribution in [1.29, 1.82) is 0 Å². The molecule has 138 valence electrons. The molecule has 1 aromatic carbocycles. The lowest BCUT2D eigenvalue weighted by atomic mass is 9.79. The van der Waals surface area contributed by atoms with Crippen LogP contribution in [0.1, 0.15) is 50.7 Å². The van der Waals surface area contributed by atoms with Crippen molar-refractivity contribution >= 4 is 11.9 Å². The van der Waals surface area contributed by atoms with Crippen molar-refractivity contribution in [3.63, 3.8) is 0 Å². The molecule has 5 heteroatoms. The van der Waals surface area contributed by atoms with E-state index in [1.165, 1.54) is 11.8 Å². The van der Waals surface area contributed by atoms with Gasteiger partial charge < -0.3 is 14.2 Å². The first kappa shape index (κ1) is 18.2. The highest BCUT2D eigenvalue weighted by molar-refractivity contribution is 5.91. The fraction of sp³-hybridized carbons (Fsp3) is 0.429. The van der Waals surface area contributed by atoms with E-state index in [4.69, 9.17) is 14.2 Å². The predicted octanol–water partition coefficient (Wildman–Crippen LogP) is 3.79. The summed E-state index contributed by atoms with van der Waals surface area (Å²) in [6.07, 6.45) is 3.49. The molecule has 0 bridgehead atoms. The van der Waals surface area contributed by atoms with Gasteiger partial charge in [0.2, 0.25) is 0 Å². The average molecular weight is 356 g/mol. The molecule has 1 aromatic rings. The topological polar surface area (TPSA) is 61.8 Å². The van der Waals surface area contributed by atoms with Crippen molar-refractivity contribution in [1.82, 2.24) is 0 Å². The molecule has 0 radical (unpaired) electrons. The number of fused-ring (bicyclic) bond motifs is 1. The van der Waals surface area contributed by atoms with Crippen molar-refractivity contribution in [2.75, 3.05) is 6.61 Å². The molecule has 0 N–H and O–H groups in total. The lowest BCUT2D eigenvalue weighted by Crippen LogP contribution is -2.21.